The lowest BCUT2D eigenvalue weighted by atomic mass is 9.73. The van der Waals surface area contributed by atoms with Gasteiger partial charge in [-0.25, -0.2) is 0 Å². The van der Waals surface area contributed by atoms with Crippen molar-refractivity contribution in [2.75, 3.05) is 6.54 Å². The van der Waals surface area contributed by atoms with Crippen molar-refractivity contribution in [2.45, 2.75) is 57.4 Å². The Labute approximate surface area is 113 Å². The van der Waals surface area contributed by atoms with Gasteiger partial charge in [-0.3, -0.25) is 9.59 Å². The van der Waals surface area contributed by atoms with E-state index in [4.69, 9.17) is 10.8 Å². The molecule has 2 rings (SSSR count). The summed E-state index contributed by atoms with van der Waals surface area (Å²) >= 11 is 0. The van der Waals surface area contributed by atoms with E-state index in [0.29, 0.717) is 13.0 Å². The minimum Gasteiger partial charge on any atom is -0.481 e. The number of nitrogens with two attached hydrogens (primary N) is 1. The Morgan fingerprint density at radius 2 is 1.84 bits per heavy atom. The number of aliphatic carboxylic acids is 1. The lowest BCUT2D eigenvalue weighted by molar-refractivity contribution is -0.143. The van der Waals surface area contributed by atoms with Crippen LogP contribution in [-0.4, -0.2) is 29.6 Å². The molecule has 2 atom stereocenters. The van der Waals surface area contributed by atoms with Crippen molar-refractivity contribution in [1.82, 2.24) is 5.32 Å². The molecule has 4 N–H and O–H groups in total. The summed E-state index contributed by atoms with van der Waals surface area (Å²) in [6.07, 6.45) is 7.21. The normalized spacial score (nSPS) is 29.9. The van der Waals surface area contributed by atoms with Crippen LogP contribution in [0.25, 0.3) is 0 Å². The van der Waals surface area contributed by atoms with Crippen molar-refractivity contribution in [2.24, 2.45) is 17.1 Å². The Balaban J connectivity index is 2.01. The van der Waals surface area contributed by atoms with Gasteiger partial charge < -0.3 is 16.2 Å². The van der Waals surface area contributed by atoms with Crippen LogP contribution in [0, 0.1) is 11.3 Å². The molecule has 0 heterocycles. The van der Waals surface area contributed by atoms with Crippen molar-refractivity contribution in [3.05, 3.63) is 0 Å². The fraction of sp³-hybridized carbons (Fsp3) is 0.857. The molecule has 0 aromatic heterocycles. The molecule has 2 unspecified atom stereocenters. The number of amides is 1. The fourth-order valence-electron chi connectivity index (χ4n) is 3.50. The van der Waals surface area contributed by atoms with Gasteiger partial charge in [-0.1, -0.05) is 25.7 Å². The molecule has 2 saturated carbocycles. The van der Waals surface area contributed by atoms with E-state index < -0.39 is 17.3 Å². The van der Waals surface area contributed by atoms with Gasteiger partial charge in [-0.15, -0.1) is 0 Å². The molecule has 0 radical (unpaired) electrons. The van der Waals surface area contributed by atoms with Gasteiger partial charge in [0.25, 0.3) is 0 Å². The molecule has 2 fully saturated rings. The van der Waals surface area contributed by atoms with E-state index in [1.165, 1.54) is 0 Å². The number of hydrogen-bond acceptors (Lipinski definition) is 3. The number of carbonyl (C=O) groups excluding carboxylic acids is 1. The summed E-state index contributed by atoms with van der Waals surface area (Å²) in [5.41, 5.74) is 5.38. The molecule has 0 aromatic carbocycles. The standard InChI is InChI=1S/C14H24N2O3/c15-9-14(7-2-1-3-8-14)13(19)16-11-6-4-5-10(11)12(17)18/h10-11H,1-9,15H2,(H,16,19)(H,17,18). The second kappa shape index (κ2) is 5.90. The van der Waals surface area contributed by atoms with E-state index >= 15 is 0 Å². The third kappa shape index (κ3) is 2.91. The largest absolute Gasteiger partial charge is 0.481 e. The molecule has 5 heteroatoms. The number of hydrogen-bond donors (Lipinski definition) is 3. The van der Waals surface area contributed by atoms with Crippen molar-refractivity contribution in [1.29, 1.82) is 0 Å². The Morgan fingerprint density at radius 3 is 2.42 bits per heavy atom. The molecule has 108 valence electrons. The summed E-state index contributed by atoms with van der Waals surface area (Å²) in [6.45, 7) is 0.364. The van der Waals surface area contributed by atoms with Crippen molar-refractivity contribution >= 4 is 11.9 Å². The van der Waals surface area contributed by atoms with Crippen LogP contribution in [0.4, 0.5) is 0 Å². The van der Waals surface area contributed by atoms with Crippen LogP contribution >= 0.6 is 0 Å². The topological polar surface area (TPSA) is 92.4 Å². The van der Waals surface area contributed by atoms with E-state index in [9.17, 15) is 9.59 Å². The molecule has 0 aromatic rings. The van der Waals surface area contributed by atoms with E-state index in [1.807, 2.05) is 0 Å². The zero-order valence-corrected chi connectivity index (χ0v) is 11.4. The van der Waals surface area contributed by atoms with Gasteiger partial charge >= 0.3 is 5.97 Å². The highest BCUT2D eigenvalue weighted by Gasteiger charge is 2.41. The van der Waals surface area contributed by atoms with Gasteiger partial charge in [0.05, 0.1) is 11.3 Å². The van der Waals surface area contributed by atoms with Gasteiger partial charge in [0.1, 0.15) is 0 Å². The summed E-state index contributed by atoms with van der Waals surface area (Å²) in [7, 11) is 0. The minimum atomic E-state index is -0.798. The highest BCUT2D eigenvalue weighted by atomic mass is 16.4. The van der Waals surface area contributed by atoms with Crippen LogP contribution in [0.3, 0.4) is 0 Å². The molecule has 0 bridgehead atoms. The third-order valence-corrected chi connectivity index (χ3v) is 4.83. The summed E-state index contributed by atoms with van der Waals surface area (Å²) in [4.78, 5) is 23.6. The first kappa shape index (κ1) is 14.3. The number of rotatable bonds is 4. The number of carboxylic acid groups (broad SMARTS) is 1. The maximum Gasteiger partial charge on any atom is 0.308 e. The average Bonchev–Trinajstić information content (AvgIpc) is 2.87. The first-order valence-electron chi connectivity index (χ1n) is 7.33. The van der Waals surface area contributed by atoms with Gasteiger partial charge in [-0.2, -0.15) is 0 Å². The molecule has 0 aliphatic heterocycles. The molecule has 1 amide bonds. The van der Waals surface area contributed by atoms with Gasteiger partial charge in [0, 0.05) is 12.6 Å². The molecular weight excluding hydrogens is 244 g/mol. The van der Waals surface area contributed by atoms with Crippen molar-refractivity contribution < 1.29 is 14.7 Å². The van der Waals surface area contributed by atoms with Crippen LogP contribution in [0.1, 0.15) is 51.4 Å². The van der Waals surface area contributed by atoms with Crippen molar-refractivity contribution in [3.8, 4) is 0 Å². The maximum absolute atomic E-state index is 12.5. The number of nitrogens with one attached hydrogen (secondary N) is 1. The summed E-state index contributed by atoms with van der Waals surface area (Å²) in [6, 6.07) is -0.213. The Hall–Kier alpha value is -1.10. The highest BCUT2D eigenvalue weighted by molar-refractivity contribution is 5.84. The maximum atomic E-state index is 12.5. The van der Waals surface area contributed by atoms with E-state index in [0.717, 1.165) is 44.9 Å². The van der Waals surface area contributed by atoms with Crippen LogP contribution in [0.5, 0.6) is 0 Å². The summed E-state index contributed by atoms with van der Waals surface area (Å²) in [5.74, 6) is -1.25. The molecule has 0 spiro atoms. The highest BCUT2D eigenvalue weighted by Crippen LogP contribution is 2.36. The molecule has 19 heavy (non-hydrogen) atoms. The second-order valence-corrected chi connectivity index (χ2v) is 6.00. The average molecular weight is 268 g/mol. The quantitative estimate of drug-likeness (QED) is 0.715. The van der Waals surface area contributed by atoms with Crippen molar-refractivity contribution in [3.63, 3.8) is 0 Å². The fourth-order valence-corrected chi connectivity index (χ4v) is 3.50. The monoisotopic (exact) mass is 268 g/mol. The Kier molecular flexibility index (Phi) is 4.45. The summed E-state index contributed by atoms with van der Waals surface area (Å²) < 4.78 is 0. The van der Waals surface area contributed by atoms with Crippen LogP contribution in [0.15, 0.2) is 0 Å². The predicted molar refractivity (Wildman–Crippen MR) is 71.5 cm³/mol. The zero-order valence-electron chi connectivity index (χ0n) is 11.4. The lowest BCUT2D eigenvalue weighted by Gasteiger charge is -2.36. The van der Waals surface area contributed by atoms with Crippen LogP contribution < -0.4 is 11.1 Å². The number of carboxylic acids is 1. The lowest BCUT2D eigenvalue weighted by Crippen LogP contribution is -2.51. The molecule has 0 saturated heterocycles. The smallest absolute Gasteiger partial charge is 0.308 e. The third-order valence-electron chi connectivity index (χ3n) is 4.83. The SMILES string of the molecule is NCC1(C(=O)NC2CCCC2C(=O)O)CCCCC1. The second-order valence-electron chi connectivity index (χ2n) is 6.00. The first-order chi connectivity index (χ1) is 9.09. The van der Waals surface area contributed by atoms with Crippen LogP contribution in [0.2, 0.25) is 0 Å². The van der Waals surface area contributed by atoms with Gasteiger partial charge in [0.15, 0.2) is 0 Å². The molecule has 2 aliphatic rings. The predicted octanol–water partition coefficient (Wildman–Crippen LogP) is 1.27. The van der Waals surface area contributed by atoms with E-state index in [1.54, 1.807) is 0 Å². The van der Waals surface area contributed by atoms with E-state index in [-0.39, 0.29) is 11.9 Å². The van der Waals surface area contributed by atoms with Crippen LogP contribution in [-0.2, 0) is 9.59 Å². The summed E-state index contributed by atoms with van der Waals surface area (Å²) in [5, 5.41) is 12.1. The van der Waals surface area contributed by atoms with Gasteiger partial charge in [0.2, 0.25) is 5.91 Å². The zero-order chi connectivity index (χ0) is 13.9. The Morgan fingerprint density at radius 1 is 1.16 bits per heavy atom. The molecule has 2 aliphatic carbocycles. The molecular formula is C14H24N2O3. The Bertz CT molecular complexity index is 351. The first-order valence-corrected chi connectivity index (χ1v) is 7.33. The number of carbonyl (C=O) groups is 2. The minimum absolute atomic E-state index is 0.0205. The molecule has 5 nitrogen and oxygen atoms in total. The van der Waals surface area contributed by atoms with E-state index in [2.05, 4.69) is 5.32 Å². The van der Waals surface area contributed by atoms with Gasteiger partial charge in [-0.05, 0) is 25.7 Å².